The third kappa shape index (κ3) is 2.57. The van der Waals surface area contributed by atoms with Gasteiger partial charge in [-0.1, -0.05) is 11.6 Å². The predicted octanol–water partition coefficient (Wildman–Crippen LogP) is 1.91. The van der Waals surface area contributed by atoms with E-state index >= 15 is 0 Å². The average Bonchev–Trinajstić information content (AvgIpc) is 2.67. The first-order chi connectivity index (χ1) is 8.06. The highest BCUT2D eigenvalue weighted by Gasteiger charge is 2.11. The van der Waals surface area contributed by atoms with E-state index in [2.05, 4.69) is 10.4 Å². The van der Waals surface area contributed by atoms with Gasteiger partial charge in [0.05, 0.1) is 10.6 Å². The molecular weight excluding hydrogens is 240 g/mol. The molecule has 0 aliphatic heterocycles. The normalized spacial score (nSPS) is 10.2. The fourth-order valence-corrected chi connectivity index (χ4v) is 1.59. The Morgan fingerprint density at radius 1 is 1.47 bits per heavy atom. The van der Waals surface area contributed by atoms with Crippen LogP contribution in [0.5, 0.6) is 0 Å². The molecule has 0 radical (unpaired) electrons. The summed E-state index contributed by atoms with van der Waals surface area (Å²) in [6, 6.07) is 6.45. The van der Waals surface area contributed by atoms with Gasteiger partial charge in [-0.25, -0.2) is 0 Å². The van der Waals surface area contributed by atoms with Crippen LogP contribution in [0.25, 0.3) is 0 Å². The summed E-state index contributed by atoms with van der Waals surface area (Å²) in [5.41, 5.74) is 6.42. The van der Waals surface area contributed by atoms with Gasteiger partial charge in [-0.05, 0) is 18.2 Å². The van der Waals surface area contributed by atoms with E-state index in [0.717, 1.165) is 0 Å². The van der Waals surface area contributed by atoms with Crippen molar-refractivity contribution in [3.8, 4) is 0 Å². The summed E-state index contributed by atoms with van der Waals surface area (Å²) >= 11 is 5.92. The minimum Gasteiger partial charge on any atom is -0.399 e. The Morgan fingerprint density at radius 2 is 2.24 bits per heavy atom. The summed E-state index contributed by atoms with van der Waals surface area (Å²) in [4.78, 5) is 11.9. The summed E-state index contributed by atoms with van der Waals surface area (Å²) in [7, 11) is 1.77. The number of carbonyl (C=O) groups is 1. The molecule has 1 heterocycles. The van der Waals surface area contributed by atoms with E-state index in [1.54, 1.807) is 36.1 Å². The second kappa shape index (κ2) is 4.47. The summed E-state index contributed by atoms with van der Waals surface area (Å²) in [6.45, 7) is 0. The number of nitrogens with two attached hydrogens (primary N) is 1. The fraction of sp³-hybridized carbons (Fsp3) is 0.0909. The first kappa shape index (κ1) is 11.5. The number of halogens is 1. The van der Waals surface area contributed by atoms with Crippen molar-refractivity contribution in [2.45, 2.75) is 0 Å². The number of amides is 1. The van der Waals surface area contributed by atoms with Gasteiger partial charge in [0.25, 0.3) is 5.91 Å². The standard InChI is InChI=1S/C11H11ClN4O/c1-16-5-4-10(15-16)14-11(17)8-6-7(13)2-3-9(8)12/h2-6H,13H2,1H3,(H,14,15,17). The molecule has 0 spiro atoms. The Balaban J connectivity index is 2.22. The van der Waals surface area contributed by atoms with Crippen LogP contribution in [-0.2, 0) is 7.05 Å². The first-order valence-electron chi connectivity index (χ1n) is 4.92. The number of nitrogen functional groups attached to an aromatic ring is 1. The Labute approximate surface area is 103 Å². The predicted molar refractivity (Wildman–Crippen MR) is 67.0 cm³/mol. The molecule has 1 aromatic heterocycles. The number of aromatic nitrogens is 2. The molecule has 6 heteroatoms. The van der Waals surface area contributed by atoms with Gasteiger partial charge in [-0.15, -0.1) is 0 Å². The van der Waals surface area contributed by atoms with Crippen molar-refractivity contribution in [1.29, 1.82) is 0 Å². The molecule has 0 atom stereocenters. The first-order valence-corrected chi connectivity index (χ1v) is 5.30. The molecule has 0 unspecified atom stereocenters. The summed E-state index contributed by atoms with van der Waals surface area (Å²) < 4.78 is 1.59. The highest BCUT2D eigenvalue weighted by atomic mass is 35.5. The van der Waals surface area contributed by atoms with Crippen molar-refractivity contribution in [3.63, 3.8) is 0 Å². The molecule has 3 N–H and O–H groups in total. The number of anilines is 2. The Hall–Kier alpha value is -2.01. The number of aryl methyl sites for hydroxylation is 1. The number of benzene rings is 1. The van der Waals surface area contributed by atoms with Gasteiger partial charge in [0, 0.05) is 25.0 Å². The number of hydrogen-bond acceptors (Lipinski definition) is 3. The molecule has 2 rings (SSSR count). The lowest BCUT2D eigenvalue weighted by atomic mass is 10.2. The van der Waals surface area contributed by atoms with Gasteiger partial charge in [0.2, 0.25) is 0 Å². The lowest BCUT2D eigenvalue weighted by Gasteiger charge is -2.05. The Kier molecular flexibility index (Phi) is 3.01. The lowest BCUT2D eigenvalue weighted by Crippen LogP contribution is -2.13. The highest BCUT2D eigenvalue weighted by Crippen LogP contribution is 2.19. The Morgan fingerprint density at radius 3 is 2.88 bits per heavy atom. The molecule has 1 aromatic carbocycles. The molecule has 0 aliphatic rings. The SMILES string of the molecule is Cn1ccc(NC(=O)c2cc(N)ccc2Cl)n1. The molecule has 1 amide bonds. The van der Waals surface area contributed by atoms with Crippen LogP contribution in [0, 0.1) is 0 Å². The topological polar surface area (TPSA) is 72.9 Å². The molecule has 88 valence electrons. The van der Waals surface area contributed by atoms with E-state index in [9.17, 15) is 4.79 Å². The van der Waals surface area contributed by atoms with Gasteiger partial charge >= 0.3 is 0 Å². The van der Waals surface area contributed by atoms with Crippen LogP contribution in [0.3, 0.4) is 0 Å². The molecule has 0 fully saturated rings. The molecule has 5 nitrogen and oxygen atoms in total. The van der Waals surface area contributed by atoms with E-state index in [1.807, 2.05) is 0 Å². The molecule has 0 bridgehead atoms. The largest absolute Gasteiger partial charge is 0.399 e. The van der Waals surface area contributed by atoms with Crippen LogP contribution < -0.4 is 11.1 Å². The number of hydrogen-bond donors (Lipinski definition) is 2. The van der Waals surface area contributed by atoms with Gasteiger partial charge in [-0.3, -0.25) is 9.48 Å². The maximum absolute atomic E-state index is 11.9. The molecule has 0 saturated carbocycles. The van der Waals surface area contributed by atoms with E-state index in [0.29, 0.717) is 22.1 Å². The number of nitrogens with one attached hydrogen (secondary N) is 1. The molecule has 2 aromatic rings. The fourth-order valence-electron chi connectivity index (χ4n) is 1.38. The van der Waals surface area contributed by atoms with Crippen LogP contribution in [0.4, 0.5) is 11.5 Å². The summed E-state index contributed by atoms with van der Waals surface area (Å²) in [5.74, 6) is 0.136. The maximum Gasteiger partial charge on any atom is 0.258 e. The van der Waals surface area contributed by atoms with Gasteiger partial charge < -0.3 is 11.1 Å². The number of nitrogens with zero attached hydrogens (tertiary/aromatic N) is 2. The smallest absolute Gasteiger partial charge is 0.258 e. The van der Waals surface area contributed by atoms with Crippen LogP contribution >= 0.6 is 11.6 Å². The van der Waals surface area contributed by atoms with E-state index in [4.69, 9.17) is 17.3 Å². The minimum absolute atomic E-state index is 0.331. The number of rotatable bonds is 2. The number of carbonyl (C=O) groups excluding carboxylic acids is 1. The zero-order valence-electron chi connectivity index (χ0n) is 9.14. The van der Waals surface area contributed by atoms with Gasteiger partial charge in [0.15, 0.2) is 5.82 Å². The van der Waals surface area contributed by atoms with Crippen molar-refractivity contribution in [2.75, 3.05) is 11.1 Å². The summed E-state index contributed by atoms with van der Waals surface area (Å²) in [5, 5.41) is 7.03. The zero-order chi connectivity index (χ0) is 12.4. The second-order valence-corrected chi connectivity index (χ2v) is 3.98. The molecule has 0 saturated heterocycles. The van der Waals surface area contributed by atoms with Crippen molar-refractivity contribution in [2.24, 2.45) is 7.05 Å². The van der Waals surface area contributed by atoms with Crippen LogP contribution in [0.1, 0.15) is 10.4 Å². The Bertz CT molecular complexity index is 564. The third-order valence-corrected chi connectivity index (χ3v) is 2.52. The molecule has 0 aliphatic carbocycles. The van der Waals surface area contributed by atoms with Crippen molar-refractivity contribution >= 4 is 29.0 Å². The van der Waals surface area contributed by atoms with Crippen LogP contribution in [-0.4, -0.2) is 15.7 Å². The molecular formula is C11H11ClN4O. The van der Waals surface area contributed by atoms with Crippen molar-refractivity contribution < 1.29 is 4.79 Å². The average molecular weight is 251 g/mol. The van der Waals surface area contributed by atoms with E-state index in [-0.39, 0.29) is 5.91 Å². The third-order valence-electron chi connectivity index (χ3n) is 2.19. The minimum atomic E-state index is -0.332. The maximum atomic E-state index is 11.9. The second-order valence-electron chi connectivity index (χ2n) is 3.57. The monoisotopic (exact) mass is 250 g/mol. The van der Waals surface area contributed by atoms with Gasteiger partial charge in [-0.2, -0.15) is 5.10 Å². The van der Waals surface area contributed by atoms with E-state index < -0.39 is 0 Å². The van der Waals surface area contributed by atoms with Gasteiger partial charge in [0.1, 0.15) is 0 Å². The molecule has 17 heavy (non-hydrogen) atoms. The van der Waals surface area contributed by atoms with Crippen LogP contribution in [0.2, 0.25) is 5.02 Å². The zero-order valence-corrected chi connectivity index (χ0v) is 9.90. The quantitative estimate of drug-likeness (QED) is 0.800. The summed E-state index contributed by atoms with van der Waals surface area (Å²) in [6.07, 6.45) is 1.73. The van der Waals surface area contributed by atoms with E-state index in [1.165, 1.54) is 6.07 Å². The highest BCUT2D eigenvalue weighted by molar-refractivity contribution is 6.34. The lowest BCUT2D eigenvalue weighted by molar-refractivity contribution is 0.102. The van der Waals surface area contributed by atoms with Crippen LogP contribution in [0.15, 0.2) is 30.5 Å². The van der Waals surface area contributed by atoms with Crippen molar-refractivity contribution in [1.82, 2.24) is 9.78 Å². The van der Waals surface area contributed by atoms with Crippen molar-refractivity contribution in [3.05, 3.63) is 41.0 Å².